The molecule has 3 heterocycles. The SMILES string of the molecule is CCCn1ncc(C(=O)N[C@@H]2CO[C@H](Cn3cc(F)c(=O)[nH]c3=O)[C@@H](O)[C@H]2O)c1C. The van der Waals surface area contributed by atoms with Gasteiger partial charge in [-0.25, -0.2) is 4.79 Å². The number of H-pyrrole nitrogens is 1. The minimum atomic E-state index is -1.46. The van der Waals surface area contributed by atoms with Gasteiger partial charge in [0.05, 0.1) is 37.2 Å². The zero-order chi connectivity index (χ0) is 22.0. The smallest absolute Gasteiger partial charge is 0.328 e. The number of aliphatic hydroxyl groups excluding tert-OH is 2. The highest BCUT2D eigenvalue weighted by molar-refractivity contribution is 5.95. The zero-order valence-electron chi connectivity index (χ0n) is 16.5. The number of amides is 1. The number of aryl methyl sites for hydroxylation is 1. The number of aliphatic hydroxyl groups is 2. The number of nitrogens with zero attached hydrogens (tertiary/aromatic N) is 3. The van der Waals surface area contributed by atoms with Gasteiger partial charge in [0.1, 0.15) is 18.3 Å². The number of rotatable bonds is 6. The molecule has 0 unspecified atom stereocenters. The van der Waals surface area contributed by atoms with E-state index in [1.165, 1.54) is 6.20 Å². The second-order valence-corrected chi connectivity index (χ2v) is 7.19. The first-order chi connectivity index (χ1) is 14.2. The molecule has 0 aromatic carbocycles. The standard InChI is InChI=1S/C18H24FN5O6/c1-3-4-24-9(2)10(5-20-24)16(27)21-12-8-30-13(15(26)14(12)25)7-23-6-11(19)17(28)22-18(23)29/h5-6,12-15,25-26H,3-4,7-8H2,1-2H3,(H,21,27)(H,22,28,29)/t12-,13-,14+,15-/m1/s1. The van der Waals surface area contributed by atoms with Gasteiger partial charge in [-0.1, -0.05) is 6.92 Å². The van der Waals surface area contributed by atoms with E-state index in [0.717, 1.165) is 11.0 Å². The summed E-state index contributed by atoms with van der Waals surface area (Å²) in [7, 11) is 0. The lowest BCUT2D eigenvalue weighted by molar-refractivity contribution is -0.152. The third-order valence-electron chi connectivity index (χ3n) is 5.08. The first kappa shape index (κ1) is 21.9. The van der Waals surface area contributed by atoms with Gasteiger partial charge in [0.25, 0.3) is 11.5 Å². The summed E-state index contributed by atoms with van der Waals surface area (Å²) in [5.74, 6) is -1.63. The Hall–Kier alpha value is -2.83. The van der Waals surface area contributed by atoms with Crippen LogP contribution >= 0.6 is 0 Å². The highest BCUT2D eigenvalue weighted by Gasteiger charge is 2.39. The first-order valence-electron chi connectivity index (χ1n) is 9.53. The molecular formula is C18H24FN5O6. The number of hydrogen-bond acceptors (Lipinski definition) is 7. The van der Waals surface area contributed by atoms with E-state index in [1.807, 2.05) is 6.92 Å². The minimum absolute atomic E-state index is 0.142. The van der Waals surface area contributed by atoms with Crippen LogP contribution in [0.25, 0.3) is 0 Å². The minimum Gasteiger partial charge on any atom is -0.388 e. The molecule has 1 fully saturated rings. The summed E-state index contributed by atoms with van der Waals surface area (Å²) < 4.78 is 21.5. The molecular weight excluding hydrogens is 401 g/mol. The molecule has 4 N–H and O–H groups in total. The van der Waals surface area contributed by atoms with Crippen LogP contribution in [0.15, 0.2) is 22.0 Å². The summed E-state index contributed by atoms with van der Waals surface area (Å²) in [6, 6.07) is -0.901. The molecule has 0 bridgehead atoms. The van der Waals surface area contributed by atoms with E-state index in [-0.39, 0.29) is 13.2 Å². The van der Waals surface area contributed by atoms with Crippen LogP contribution in [0.3, 0.4) is 0 Å². The Morgan fingerprint density at radius 2 is 2.13 bits per heavy atom. The van der Waals surface area contributed by atoms with E-state index in [2.05, 4.69) is 10.4 Å². The number of carbonyl (C=O) groups is 1. The highest BCUT2D eigenvalue weighted by Crippen LogP contribution is 2.18. The second-order valence-electron chi connectivity index (χ2n) is 7.19. The molecule has 1 amide bonds. The number of aromatic amines is 1. The molecule has 0 spiro atoms. The van der Waals surface area contributed by atoms with Crippen molar-refractivity contribution in [3.8, 4) is 0 Å². The molecule has 12 heteroatoms. The molecule has 2 aromatic rings. The van der Waals surface area contributed by atoms with Crippen molar-refractivity contribution in [3.05, 3.63) is 50.3 Å². The summed E-state index contributed by atoms with van der Waals surface area (Å²) in [5, 5.41) is 27.6. The molecule has 0 radical (unpaired) electrons. The topological polar surface area (TPSA) is 151 Å². The van der Waals surface area contributed by atoms with E-state index < -0.39 is 47.3 Å². The molecule has 11 nitrogen and oxygen atoms in total. The largest absolute Gasteiger partial charge is 0.388 e. The van der Waals surface area contributed by atoms with Gasteiger partial charge < -0.3 is 20.3 Å². The molecule has 1 aliphatic rings. The van der Waals surface area contributed by atoms with Gasteiger partial charge in [0.2, 0.25) is 5.82 Å². The van der Waals surface area contributed by atoms with Crippen LogP contribution in [0.5, 0.6) is 0 Å². The fraction of sp³-hybridized carbons (Fsp3) is 0.556. The number of aromatic nitrogens is 4. The maximum absolute atomic E-state index is 13.4. The maximum Gasteiger partial charge on any atom is 0.328 e. The monoisotopic (exact) mass is 425 g/mol. The van der Waals surface area contributed by atoms with E-state index in [9.17, 15) is 29.0 Å². The van der Waals surface area contributed by atoms with Gasteiger partial charge in [-0.3, -0.25) is 23.8 Å². The van der Waals surface area contributed by atoms with Gasteiger partial charge >= 0.3 is 5.69 Å². The van der Waals surface area contributed by atoms with Crippen molar-refractivity contribution in [2.24, 2.45) is 0 Å². The number of ether oxygens (including phenoxy) is 1. The van der Waals surface area contributed by atoms with Crippen LogP contribution in [0.4, 0.5) is 4.39 Å². The summed E-state index contributed by atoms with van der Waals surface area (Å²) >= 11 is 0. The Kier molecular flexibility index (Phi) is 6.48. The Balaban J connectivity index is 1.66. The van der Waals surface area contributed by atoms with Crippen molar-refractivity contribution in [1.82, 2.24) is 24.6 Å². The Morgan fingerprint density at radius 1 is 1.40 bits per heavy atom. The van der Waals surface area contributed by atoms with Crippen LogP contribution in [0.2, 0.25) is 0 Å². The molecule has 0 saturated carbocycles. The number of halogens is 1. The van der Waals surface area contributed by atoms with Crippen molar-refractivity contribution in [2.75, 3.05) is 6.61 Å². The lowest BCUT2D eigenvalue weighted by Gasteiger charge is -2.38. The van der Waals surface area contributed by atoms with Crippen LogP contribution in [0.1, 0.15) is 29.4 Å². The van der Waals surface area contributed by atoms with E-state index in [4.69, 9.17) is 4.74 Å². The van der Waals surface area contributed by atoms with Crippen molar-refractivity contribution in [1.29, 1.82) is 0 Å². The lowest BCUT2D eigenvalue weighted by Crippen LogP contribution is -2.60. The van der Waals surface area contributed by atoms with Crippen LogP contribution in [-0.4, -0.2) is 66.4 Å². The fourth-order valence-electron chi connectivity index (χ4n) is 3.34. The molecule has 1 aliphatic heterocycles. The third-order valence-corrected chi connectivity index (χ3v) is 5.08. The summed E-state index contributed by atoms with van der Waals surface area (Å²) in [6.45, 7) is 3.98. The average Bonchev–Trinajstić information content (AvgIpc) is 3.06. The van der Waals surface area contributed by atoms with Gasteiger partial charge in [-0.15, -0.1) is 0 Å². The van der Waals surface area contributed by atoms with Crippen LogP contribution < -0.4 is 16.6 Å². The highest BCUT2D eigenvalue weighted by atomic mass is 19.1. The summed E-state index contributed by atoms with van der Waals surface area (Å²) in [4.78, 5) is 37.3. The lowest BCUT2D eigenvalue weighted by atomic mass is 9.97. The number of hydrogen-bond donors (Lipinski definition) is 4. The number of nitrogens with one attached hydrogen (secondary N) is 2. The summed E-state index contributed by atoms with van der Waals surface area (Å²) in [5.41, 5.74) is -0.996. The molecule has 1 saturated heterocycles. The fourth-order valence-corrected chi connectivity index (χ4v) is 3.34. The van der Waals surface area contributed by atoms with Crippen molar-refractivity contribution < 1.29 is 24.1 Å². The van der Waals surface area contributed by atoms with Gasteiger partial charge in [-0.2, -0.15) is 9.49 Å². The Labute approximate surface area is 170 Å². The van der Waals surface area contributed by atoms with Crippen LogP contribution in [0, 0.1) is 12.7 Å². The average molecular weight is 425 g/mol. The van der Waals surface area contributed by atoms with E-state index in [0.29, 0.717) is 24.0 Å². The van der Waals surface area contributed by atoms with E-state index >= 15 is 0 Å². The van der Waals surface area contributed by atoms with Crippen LogP contribution in [-0.2, 0) is 17.8 Å². The Bertz CT molecular complexity index is 1030. The molecule has 4 atom stereocenters. The Morgan fingerprint density at radius 3 is 2.83 bits per heavy atom. The van der Waals surface area contributed by atoms with Crippen molar-refractivity contribution >= 4 is 5.91 Å². The first-order valence-corrected chi connectivity index (χ1v) is 9.53. The molecule has 2 aromatic heterocycles. The number of carbonyl (C=O) groups excluding carboxylic acids is 1. The summed E-state index contributed by atoms with van der Waals surface area (Å²) in [6.07, 6.45) is -0.905. The molecule has 0 aliphatic carbocycles. The molecule has 3 rings (SSSR count). The van der Waals surface area contributed by atoms with E-state index in [1.54, 1.807) is 16.6 Å². The maximum atomic E-state index is 13.4. The zero-order valence-corrected chi connectivity index (χ0v) is 16.5. The molecule has 30 heavy (non-hydrogen) atoms. The van der Waals surface area contributed by atoms with Crippen molar-refractivity contribution in [3.63, 3.8) is 0 Å². The predicted octanol–water partition coefficient (Wildman–Crippen LogP) is -1.49. The van der Waals surface area contributed by atoms with Crippen molar-refractivity contribution in [2.45, 2.75) is 57.7 Å². The molecule has 164 valence electrons. The third kappa shape index (κ3) is 4.35. The van der Waals surface area contributed by atoms with Gasteiger partial charge in [0.15, 0.2) is 0 Å². The second kappa shape index (κ2) is 8.90. The quantitative estimate of drug-likeness (QED) is 0.440. The van der Waals surface area contributed by atoms with Gasteiger partial charge in [0, 0.05) is 12.2 Å². The predicted molar refractivity (Wildman–Crippen MR) is 102 cm³/mol. The normalized spacial score (nSPS) is 24.0. The van der Waals surface area contributed by atoms with Gasteiger partial charge in [-0.05, 0) is 13.3 Å².